The number of carbonyl (C=O) groups is 1. The molecule has 1 aromatic heterocycles. The first kappa shape index (κ1) is 13.2. The van der Waals surface area contributed by atoms with Crippen molar-refractivity contribution in [3.63, 3.8) is 0 Å². The molecule has 0 bridgehead atoms. The number of methoxy groups -OCH3 is 2. The summed E-state index contributed by atoms with van der Waals surface area (Å²) in [6.45, 7) is 2.31. The molecule has 1 heterocycles. The Labute approximate surface area is 100 Å². The van der Waals surface area contributed by atoms with Crippen LogP contribution in [0.25, 0.3) is 0 Å². The third kappa shape index (κ3) is 4.28. The Morgan fingerprint density at radius 3 is 2.94 bits per heavy atom. The van der Waals surface area contributed by atoms with Gasteiger partial charge in [-0.25, -0.2) is 9.78 Å². The van der Waals surface area contributed by atoms with E-state index in [1.165, 1.54) is 7.11 Å². The standard InChI is InChI=1S/C11H17N3O3/c1-8(7-16-2)13-11(15)14-9-5-4-6-12-10(9)17-3/h4-6,8H,7H2,1-3H3,(H2,13,14,15)/t8-/m0/s1. The van der Waals surface area contributed by atoms with E-state index in [0.717, 1.165) is 0 Å². The highest BCUT2D eigenvalue weighted by Crippen LogP contribution is 2.19. The molecule has 1 aromatic rings. The zero-order valence-electron chi connectivity index (χ0n) is 10.2. The fourth-order valence-corrected chi connectivity index (χ4v) is 1.32. The molecule has 0 unspecified atom stereocenters. The number of amides is 2. The van der Waals surface area contributed by atoms with Gasteiger partial charge in [0, 0.05) is 13.3 Å². The van der Waals surface area contributed by atoms with Crippen molar-refractivity contribution < 1.29 is 14.3 Å². The van der Waals surface area contributed by atoms with E-state index in [0.29, 0.717) is 18.2 Å². The predicted octanol–water partition coefficient (Wildman–Crippen LogP) is 1.25. The molecular formula is C11H17N3O3. The van der Waals surface area contributed by atoms with Crippen LogP contribution in [0.1, 0.15) is 6.92 Å². The highest BCUT2D eigenvalue weighted by Gasteiger charge is 2.10. The Morgan fingerprint density at radius 1 is 1.53 bits per heavy atom. The van der Waals surface area contributed by atoms with E-state index in [1.54, 1.807) is 25.4 Å². The fourth-order valence-electron chi connectivity index (χ4n) is 1.32. The van der Waals surface area contributed by atoms with Gasteiger partial charge >= 0.3 is 6.03 Å². The molecule has 17 heavy (non-hydrogen) atoms. The Kier molecular flexibility index (Phi) is 5.22. The van der Waals surface area contributed by atoms with Crippen molar-refractivity contribution in [3.05, 3.63) is 18.3 Å². The van der Waals surface area contributed by atoms with Gasteiger partial charge in [-0.05, 0) is 19.1 Å². The summed E-state index contributed by atoms with van der Waals surface area (Å²) < 4.78 is 9.94. The number of hydrogen-bond acceptors (Lipinski definition) is 4. The average molecular weight is 239 g/mol. The van der Waals surface area contributed by atoms with Gasteiger partial charge < -0.3 is 20.1 Å². The summed E-state index contributed by atoms with van der Waals surface area (Å²) in [7, 11) is 3.08. The number of hydrogen-bond donors (Lipinski definition) is 2. The second-order valence-electron chi connectivity index (χ2n) is 3.52. The predicted molar refractivity (Wildman–Crippen MR) is 64.3 cm³/mol. The molecule has 0 fully saturated rings. The van der Waals surface area contributed by atoms with Crippen LogP contribution >= 0.6 is 0 Å². The first-order valence-electron chi connectivity index (χ1n) is 5.22. The van der Waals surface area contributed by atoms with Crippen molar-refractivity contribution in [3.8, 4) is 5.88 Å². The van der Waals surface area contributed by atoms with Crippen molar-refractivity contribution in [2.45, 2.75) is 13.0 Å². The summed E-state index contributed by atoms with van der Waals surface area (Å²) >= 11 is 0. The molecule has 0 saturated carbocycles. The van der Waals surface area contributed by atoms with Gasteiger partial charge in [0.1, 0.15) is 5.69 Å². The lowest BCUT2D eigenvalue weighted by Crippen LogP contribution is -2.38. The quantitative estimate of drug-likeness (QED) is 0.811. The van der Waals surface area contributed by atoms with Crippen LogP contribution in [0, 0.1) is 0 Å². The smallest absolute Gasteiger partial charge is 0.319 e. The van der Waals surface area contributed by atoms with Crippen LogP contribution < -0.4 is 15.4 Å². The third-order valence-corrected chi connectivity index (χ3v) is 2.01. The third-order valence-electron chi connectivity index (χ3n) is 2.01. The largest absolute Gasteiger partial charge is 0.480 e. The van der Waals surface area contributed by atoms with Crippen LogP contribution in [0.5, 0.6) is 5.88 Å². The molecule has 0 aliphatic rings. The molecule has 0 saturated heterocycles. The number of rotatable bonds is 5. The van der Waals surface area contributed by atoms with Gasteiger partial charge in [0.2, 0.25) is 5.88 Å². The summed E-state index contributed by atoms with van der Waals surface area (Å²) in [5, 5.41) is 5.38. The molecule has 6 heteroatoms. The zero-order chi connectivity index (χ0) is 12.7. The summed E-state index contributed by atoms with van der Waals surface area (Å²) in [6.07, 6.45) is 1.59. The molecule has 2 amide bonds. The van der Waals surface area contributed by atoms with Crippen LogP contribution in [0.2, 0.25) is 0 Å². The molecule has 1 atom stereocenters. The lowest BCUT2D eigenvalue weighted by molar-refractivity contribution is 0.173. The van der Waals surface area contributed by atoms with Crippen molar-refractivity contribution in [2.24, 2.45) is 0 Å². The van der Waals surface area contributed by atoms with Crippen LogP contribution in [0.15, 0.2) is 18.3 Å². The van der Waals surface area contributed by atoms with E-state index >= 15 is 0 Å². The zero-order valence-corrected chi connectivity index (χ0v) is 10.2. The number of anilines is 1. The first-order chi connectivity index (χ1) is 8.17. The molecule has 0 spiro atoms. The Balaban J connectivity index is 2.55. The van der Waals surface area contributed by atoms with Gasteiger partial charge in [-0.3, -0.25) is 0 Å². The van der Waals surface area contributed by atoms with E-state index in [2.05, 4.69) is 15.6 Å². The summed E-state index contributed by atoms with van der Waals surface area (Å²) in [4.78, 5) is 15.6. The van der Waals surface area contributed by atoms with E-state index < -0.39 is 0 Å². The number of nitrogens with zero attached hydrogens (tertiary/aromatic N) is 1. The number of aromatic nitrogens is 1. The number of carbonyl (C=O) groups excluding carboxylic acids is 1. The average Bonchev–Trinajstić information content (AvgIpc) is 2.29. The lowest BCUT2D eigenvalue weighted by atomic mass is 10.3. The highest BCUT2D eigenvalue weighted by molar-refractivity contribution is 5.90. The molecule has 0 aliphatic carbocycles. The van der Waals surface area contributed by atoms with Gasteiger partial charge in [-0.2, -0.15) is 0 Å². The van der Waals surface area contributed by atoms with E-state index in [4.69, 9.17) is 9.47 Å². The highest BCUT2D eigenvalue weighted by atomic mass is 16.5. The number of urea groups is 1. The van der Waals surface area contributed by atoms with Gasteiger partial charge in [-0.1, -0.05) is 0 Å². The second kappa shape index (κ2) is 6.70. The van der Waals surface area contributed by atoms with Crippen molar-refractivity contribution in [2.75, 3.05) is 26.1 Å². The van der Waals surface area contributed by atoms with Crippen LogP contribution in [-0.2, 0) is 4.74 Å². The number of ether oxygens (including phenoxy) is 2. The normalized spacial score (nSPS) is 11.7. The maximum absolute atomic E-state index is 11.6. The molecule has 6 nitrogen and oxygen atoms in total. The second-order valence-corrected chi connectivity index (χ2v) is 3.52. The summed E-state index contributed by atoms with van der Waals surface area (Å²) in [5.74, 6) is 0.377. The molecule has 0 aliphatic heterocycles. The van der Waals surface area contributed by atoms with Gasteiger partial charge in [0.15, 0.2) is 0 Å². The van der Waals surface area contributed by atoms with Crippen molar-refractivity contribution in [1.29, 1.82) is 0 Å². The molecule has 0 radical (unpaired) electrons. The Morgan fingerprint density at radius 2 is 2.29 bits per heavy atom. The van der Waals surface area contributed by atoms with Gasteiger partial charge in [0.25, 0.3) is 0 Å². The van der Waals surface area contributed by atoms with E-state index in [1.807, 2.05) is 6.92 Å². The number of nitrogens with one attached hydrogen (secondary N) is 2. The molecular weight excluding hydrogens is 222 g/mol. The Bertz CT molecular complexity index is 371. The van der Waals surface area contributed by atoms with E-state index in [-0.39, 0.29) is 12.1 Å². The molecule has 94 valence electrons. The number of pyridine rings is 1. The molecule has 2 N–H and O–H groups in total. The summed E-state index contributed by atoms with van der Waals surface area (Å²) in [6, 6.07) is 3.05. The minimum absolute atomic E-state index is 0.0670. The topological polar surface area (TPSA) is 72.5 Å². The van der Waals surface area contributed by atoms with E-state index in [9.17, 15) is 4.79 Å². The summed E-state index contributed by atoms with van der Waals surface area (Å²) in [5.41, 5.74) is 0.525. The minimum atomic E-state index is -0.319. The maximum Gasteiger partial charge on any atom is 0.319 e. The van der Waals surface area contributed by atoms with Crippen LogP contribution in [0.4, 0.5) is 10.5 Å². The van der Waals surface area contributed by atoms with Gasteiger partial charge in [-0.15, -0.1) is 0 Å². The van der Waals surface area contributed by atoms with Gasteiger partial charge in [0.05, 0.1) is 19.8 Å². The van der Waals surface area contributed by atoms with Crippen molar-refractivity contribution >= 4 is 11.7 Å². The molecule has 0 aromatic carbocycles. The minimum Gasteiger partial charge on any atom is -0.480 e. The lowest BCUT2D eigenvalue weighted by Gasteiger charge is -2.14. The fraction of sp³-hybridized carbons (Fsp3) is 0.455. The van der Waals surface area contributed by atoms with Crippen LogP contribution in [-0.4, -0.2) is 37.9 Å². The first-order valence-corrected chi connectivity index (χ1v) is 5.22. The van der Waals surface area contributed by atoms with Crippen LogP contribution in [0.3, 0.4) is 0 Å². The monoisotopic (exact) mass is 239 g/mol. The maximum atomic E-state index is 11.6. The van der Waals surface area contributed by atoms with Crippen molar-refractivity contribution in [1.82, 2.24) is 10.3 Å². The molecule has 1 rings (SSSR count). The SMILES string of the molecule is COC[C@H](C)NC(=O)Nc1cccnc1OC. The Hall–Kier alpha value is -1.82.